The van der Waals surface area contributed by atoms with Gasteiger partial charge >= 0.3 is 0 Å². The number of hydrogen-bond acceptors (Lipinski definition) is 3. The molecule has 0 aliphatic heterocycles. The van der Waals surface area contributed by atoms with Crippen molar-refractivity contribution in [3.05, 3.63) is 28.8 Å². The van der Waals surface area contributed by atoms with Crippen LogP contribution in [0.25, 0.3) is 0 Å². The average Bonchev–Trinajstić information content (AvgIpc) is 2.33. The van der Waals surface area contributed by atoms with E-state index in [1.54, 1.807) is 0 Å². The third kappa shape index (κ3) is 5.15. The Morgan fingerprint density at radius 2 is 1.59 bits per heavy atom. The van der Waals surface area contributed by atoms with Crippen molar-refractivity contribution in [2.24, 2.45) is 5.73 Å². The molecular formula is C18H32ClNO2. The molecule has 0 fully saturated rings. The van der Waals surface area contributed by atoms with Gasteiger partial charge in [0.2, 0.25) is 0 Å². The highest BCUT2D eigenvalue weighted by Crippen LogP contribution is 2.40. The Morgan fingerprint density at radius 3 is 2.00 bits per heavy atom. The number of hydrogen-bond donors (Lipinski definition) is 3. The summed E-state index contributed by atoms with van der Waals surface area (Å²) < 4.78 is 0. The third-order valence-electron chi connectivity index (χ3n) is 3.89. The Kier molecular flexibility index (Phi) is 7.40. The van der Waals surface area contributed by atoms with Crippen molar-refractivity contribution in [3.63, 3.8) is 0 Å². The van der Waals surface area contributed by atoms with Gasteiger partial charge in [0.1, 0.15) is 5.75 Å². The van der Waals surface area contributed by atoms with E-state index in [1.165, 1.54) is 5.56 Å². The summed E-state index contributed by atoms with van der Waals surface area (Å²) in [5.74, 6) is 0.306. The Balaban J connectivity index is 0.00000441. The van der Waals surface area contributed by atoms with Gasteiger partial charge in [-0.15, -0.1) is 12.4 Å². The predicted molar refractivity (Wildman–Crippen MR) is 96.0 cm³/mol. The van der Waals surface area contributed by atoms with E-state index in [2.05, 4.69) is 47.6 Å². The third-order valence-corrected chi connectivity index (χ3v) is 3.89. The van der Waals surface area contributed by atoms with Crippen molar-refractivity contribution in [2.45, 2.75) is 71.3 Å². The summed E-state index contributed by atoms with van der Waals surface area (Å²) in [5.41, 5.74) is 9.00. The molecule has 0 bridgehead atoms. The quantitative estimate of drug-likeness (QED) is 0.776. The van der Waals surface area contributed by atoms with E-state index in [-0.39, 0.29) is 35.9 Å². The van der Waals surface area contributed by atoms with Crippen molar-refractivity contribution >= 4 is 12.4 Å². The maximum Gasteiger partial charge on any atom is 0.124 e. The lowest BCUT2D eigenvalue weighted by atomic mass is 9.78. The van der Waals surface area contributed by atoms with E-state index < -0.39 is 0 Å². The Hall–Kier alpha value is -0.770. The van der Waals surface area contributed by atoms with Crippen LogP contribution >= 0.6 is 12.4 Å². The maximum absolute atomic E-state index is 10.6. The van der Waals surface area contributed by atoms with Gasteiger partial charge in [-0.3, -0.25) is 0 Å². The zero-order valence-electron chi connectivity index (χ0n) is 14.7. The Morgan fingerprint density at radius 1 is 1.05 bits per heavy atom. The molecule has 3 nitrogen and oxygen atoms in total. The van der Waals surface area contributed by atoms with Gasteiger partial charge in [-0.2, -0.15) is 0 Å². The van der Waals surface area contributed by atoms with E-state index in [4.69, 9.17) is 10.8 Å². The molecule has 0 saturated carbocycles. The lowest BCUT2D eigenvalue weighted by Gasteiger charge is -2.29. The molecule has 1 aromatic carbocycles. The fourth-order valence-electron chi connectivity index (χ4n) is 2.41. The fraction of sp³-hybridized carbons (Fsp3) is 0.667. The number of nitrogens with two attached hydrogens (primary N) is 1. The van der Waals surface area contributed by atoms with Crippen LogP contribution in [0.15, 0.2) is 12.1 Å². The van der Waals surface area contributed by atoms with E-state index >= 15 is 0 Å². The summed E-state index contributed by atoms with van der Waals surface area (Å²) in [7, 11) is 0. The number of aliphatic hydroxyl groups is 1. The maximum atomic E-state index is 10.6. The van der Waals surface area contributed by atoms with Crippen molar-refractivity contribution in [1.29, 1.82) is 0 Å². The molecule has 1 aromatic rings. The molecule has 0 spiro atoms. The van der Waals surface area contributed by atoms with Crippen LogP contribution in [-0.2, 0) is 10.8 Å². The summed E-state index contributed by atoms with van der Waals surface area (Å²) in [5, 5.41) is 19.6. The average molecular weight is 330 g/mol. The van der Waals surface area contributed by atoms with Gasteiger partial charge in [0, 0.05) is 18.2 Å². The number of aliphatic hydroxyl groups excluding tert-OH is 1. The predicted octanol–water partition coefficient (Wildman–Crippen LogP) is 4.18. The van der Waals surface area contributed by atoms with Crippen LogP contribution in [0.3, 0.4) is 0 Å². The van der Waals surface area contributed by atoms with Crippen LogP contribution in [0.1, 0.15) is 77.1 Å². The minimum Gasteiger partial charge on any atom is -0.507 e. The number of rotatable bonds is 4. The van der Waals surface area contributed by atoms with E-state index in [0.29, 0.717) is 18.6 Å². The highest BCUT2D eigenvalue weighted by atomic mass is 35.5. The van der Waals surface area contributed by atoms with Crippen LogP contribution in [-0.4, -0.2) is 16.8 Å². The number of phenolic OH excluding ortho intramolecular Hbond substituents is 1. The molecular weight excluding hydrogens is 298 g/mol. The van der Waals surface area contributed by atoms with E-state index in [1.807, 2.05) is 6.07 Å². The SMILES string of the molecule is CC(C)(C)c1cc([C@@H](N)CCCO)c(O)c(C(C)(C)C)c1.Cl. The minimum absolute atomic E-state index is 0. The first kappa shape index (κ1) is 21.2. The van der Waals surface area contributed by atoms with E-state index in [0.717, 1.165) is 11.1 Å². The van der Waals surface area contributed by atoms with Gasteiger partial charge in [-0.25, -0.2) is 0 Å². The Bertz CT molecular complexity index is 487. The standard InChI is InChI=1S/C18H31NO2.ClH/c1-17(2,3)12-10-13(15(19)8-7-9-20)16(21)14(11-12)18(4,5)6;/h10-11,15,20-21H,7-9,19H2,1-6H3;1H/t15-;/m0./s1. The van der Waals surface area contributed by atoms with Crippen molar-refractivity contribution in [2.75, 3.05) is 6.61 Å². The second-order valence-corrected chi connectivity index (χ2v) is 7.93. The topological polar surface area (TPSA) is 66.5 Å². The summed E-state index contributed by atoms with van der Waals surface area (Å²) in [6.45, 7) is 12.9. The molecule has 22 heavy (non-hydrogen) atoms. The van der Waals surface area contributed by atoms with Crippen LogP contribution in [0.4, 0.5) is 0 Å². The summed E-state index contributed by atoms with van der Waals surface area (Å²) in [6.07, 6.45) is 1.31. The normalized spacial score (nSPS) is 13.6. The van der Waals surface area contributed by atoms with Crippen molar-refractivity contribution < 1.29 is 10.2 Å². The molecule has 4 heteroatoms. The molecule has 1 atom stereocenters. The van der Waals surface area contributed by atoms with Gasteiger partial charge in [0.25, 0.3) is 0 Å². The molecule has 1 rings (SSSR count). The Labute approximate surface area is 141 Å². The zero-order chi connectivity index (χ0) is 16.4. The van der Waals surface area contributed by atoms with Crippen LogP contribution in [0.5, 0.6) is 5.75 Å². The summed E-state index contributed by atoms with van der Waals surface area (Å²) in [4.78, 5) is 0. The monoisotopic (exact) mass is 329 g/mol. The second-order valence-electron chi connectivity index (χ2n) is 7.93. The van der Waals surface area contributed by atoms with Crippen molar-refractivity contribution in [3.8, 4) is 5.75 Å². The van der Waals surface area contributed by atoms with Crippen LogP contribution in [0, 0.1) is 0 Å². The molecule has 128 valence electrons. The number of phenols is 1. The first-order valence-electron chi connectivity index (χ1n) is 7.72. The smallest absolute Gasteiger partial charge is 0.124 e. The number of aromatic hydroxyl groups is 1. The summed E-state index contributed by atoms with van der Waals surface area (Å²) >= 11 is 0. The number of halogens is 1. The van der Waals surface area contributed by atoms with Crippen LogP contribution in [0.2, 0.25) is 0 Å². The second kappa shape index (κ2) is 7.67. The zero-order valence-corrected chi connectivity index (χ0v) is 15.5. The first-order valence-corrected chi connectivity index (χ1v) is 7.72. The van der Waals surface area contributed by atoms with Gasteiger partial charge in [-0.05, 0) is 40.9 Å². The molecule has 0 aliphatic rings. The fourth-order valence-corrected chi connectivity index (χ4v) is 2.41. The molecule has 0 saturated heterocycles. The van der Waals surface area contributed by atoms with Crippen molar-refractivity contribution in [1.82, 2.24) is 0 Å². The molecule has 0 aliphatic carbocycles. The van der Waals surface area contributed by atoms with Gasteiger partial charge < -0.3 is 15.9 Å². The molecule has 0 unspecified atom stereocenters. The highest BCUT2D eigenvalue weighted by molar-refractivity contribution is 5.85. The van der Waals surface area contributed by atoms with Gasteiger partial charge in [0.15, 0.2) is 0 Å². The summed E-state index contributed by atoms with van der Waals surface area (Å²) in [6, 6.07) is 3.87. The molecule has 0 aromatic heterocycles. The molecule has 0 heterocycles. The number of benzene rings is 1. The molecule has 0 radical (unpaired) electrons. The van der Waals surface area contributed by atoms with Gasteiger partial charge in [0.05, 0.1) is 0 Å². The lowest BCUT2D eigenvalue weighted by molar-refractivity contribution is 0.279. The largest absolute Gasteiger partial charge is 0.507 e. The van der Waals surface area contributed by atoms with Gasteiger partial charge in [-0.1, -0.05) is 47.6 Å². The molecule has 0 amide bonds. The first-order chi connectivity index (χ1) is 9.48. The minimum atomic E-state index is -0.249. The van der Waals surface area contributed by atoms with E-state index in [9.17, 15) is 5.11 Å². The lowest BCUT2D eigenvalue weighted by Crippen LogP contribution is -2.20. The molecule has 4 N–H and O–H groups in total. The van der Waals surface area contributed by atoms with Crippen LogP contribution < -0.4 is 5.73 Å². The highest BCUT2D eigenvalue weighted by Gasteiger charge is 2.26.